The van der Waals surface area contributed by atoms with E-state index in [0.717, 1.165) is 21.0 Å². The molecule has 0 atom stereocenters. The molecule has 0 bridgehead atoms. The summed E-state index contributed by atoms with van der Waals surface area (Å²) in [5.41, 5.74) is 5.74. The molecule has 7 heteroatoms. The van der Waals surface area contributed by atoms with Gasteiger partial charge in [-0.25, -0.2) is 9.97 Å². The topological polar surface area (TPSA) is 76.7 Å². The monoisotopic (exact) mass is 291 g/mol. The van der Waals surface area contributed by atoms with Crippen LogP contribution in [0.1, 0.15) is 14.8 Å². The first kappa shape index (κ1) is 12.3. The minimum atomic E-state index is 0.303. The predicted molar refractivity (Wildman–Crippen MR) is 80.7 cm³/mol. The summed E-state index contributed by atoms with van der Waals surface area (Å²) < 4.78 is 0. The third-order valence-corrected chi connectivity index (χ3v) is 4.49. The van der Waals surface area contributed by atoms with Crippen LogP contribution in [0.4, 0.5) is 11.8 Å². The molecule has 0 radical (unpaired) electrons. The summed E-state index contributed by atoms with van der Waals surface area (Å²) in [5, 5.41) is 5.41. The van der Waals surface area contributed by atoms with Crippen molar-refractivity contribution >= 4 is 44.7 Å². The molecule has 3 rings (SSSR count). The number of rotatable bonds is 3. The third-order valence-electron chi connectivity index (χ3n) is 2.63. The van der Waals surface area contributed by atoms with Gasteiger partial charge >= 0.3 is 0 Å². The SMILES string of the molecule is Cc1cc2c(NCc3cnc(C)s3)nc(N)nc2s1. The van der Waals surface area contributed by atoms with Gasteiger partial charge in [0.05, 0.1) is 16.9 Å². The Morgan fingerprint density at radius 3 is 2.84 bits per heavy atom. The lowest BCUT2D eigenvalue weighted by Crippen LogP contribution is -2.03. The van der Waals surface area contributed by atoms with Crippen molar-refractivity contribution in [2.24, 2.45) is 0 Å². The van der Waals surface area contributed by atoms with E-state index < -0.39 is 0 Å². The van der Waals surface area contributed by atoms with Gasteiger partial charge in [-0.1, -0.05) is 0 Å². The van der Waals surface area contributed by atoms with E-state index in [4.69, 9.17) is 5.73 Å². The molecule has 0 unspecified atom stereocenters. The molecule has 0 fully saturated rings. The maximum absolute atomic E-state index is 5.74. The summed E-state index contributed by atoms with van der Waals surface area (Å²) in [6.45, 7) is 4.75. The van der Waals surface area contributed by atoms with Gasteiger partial charge < -0.3 is 11.1 Å². The van der Waals surface area contributed by atoms with Crippen LogP contribution in [0.15, 0.2) is 12.3 Å². The summed E-state index contributed by atoms with van der Waals surface area (Å²) in [6.07, 6.45) is 1.88. The van der Waals surface area contributed by atoms with Gasteiger partial charge in [0.25, 0.3) is 0 Å². The smallest absolute Gasteiger partial charge is 0.223 e. The van der Waals surface area contributed by atoms with Crippen molar-refractivity contribution in [1.29, 1.82) is 0 Å². The lowest BCUT2D eigenvalue weighted by Gasteiger charge is -2.05. The molecule has 98 valence electrons. The first-order valence-corrected chi connectivity index (χ1v) is 7.44. The average molecular weight is 291 g/mol. The largest absolute Gasteiger partial charge is 0.368 e. The summed E-state index contributed by atoms with van der Waals surface area (Å²) in [7, 11) is 0. The number of fused-ring (bicyclic) bond motifs is 1. The zero-order valence-corrected chi connectivity index (χ0v) is 12.2. The van der Waals surface area contributed by atoms with E-state index in [9.17, 15) is 0 Å². The van der Waals surface area contributed by atoms with Crippen molar-refractivity contribution in [1.82, 2.24) is 15.0 Å². The number of thiazole rings is 1. The second kappa shape index (κ2) is 4.75. The zero-order chi connectivity index (χ0) is 13.4. The molecule has 0 saturated heterocycles. The highest BCUT2D eigenvalue weighted by Crippen LogP contribution is 2.29. The van der Waals surface area contributed by atoms with Crippen LogP contribution in [0.25, 0.3) is 10.2 Å². The Morgan fingerprint density at radius 2 is 2.11 bits per heavy atom. The van der Waals surface area contributed by atoms with E-state index in [-0.39, 0.29) is 0 Å². The Kier molecular flexibility index (Phi) is 3.08. The van der Waals surface area contributed by atoms with Crippen molar-refractivity contribution in [2.75, 3.05) is 11.1 Å². The molecule has 0 amide bonds. The van der Waals surface area contributed by atoms with Gasteiger partial charge in [0.15, 0.2) is 0 Å². The first-order chi connectivity index (χ1) is 9.11. The van der Waals surface area contributed by atoms with E-state index in [0.29, 0.717) is 12.5 Å². The summed E-state index contributed by atoms with van der Waals surface area (Å²) in [6, 6.07) is 2.08. The van der Waals surface area contributed by atoms with Crippen molar-refractivity contribution in [3.8, 4) is 0 Å². The zero-order valence-electron chi connectivity index (χ0n) is 10.6. The summed E-state index contributed by atoms with van der Waals surface area (Å²) >= 11 is 3.30. The third kappa shape index (κ3) is 2.52. The van der Waals surface area contributed by atoms with Gasteiger partial charge in [-0.15, -0.1) is 22.7 Å². The van der Waals surface area contributed by atoms with Gasteiger partial charge in [0.2, 0.25) is 5.95 Å². The Morgan fingerprint density at radius 1 is 1.26 bits per heavy atom. The van der Waals surface area contributed by atoms with Crippen molar-refractivity contribution in [3.63, 3.8) is 0 Å². The molecule has 0 aromatic carbocycles. The average Bonchev–Trinajstić information content (AvgIpc) is 2.91. The van der Waals surface area contributed by atoms with Crippen LogP contribution < -0.4 is 11.1 Å². The molecule has 0 aliphatic rings. The fourth-order valence-corrected chi connectivity index (χ4v) is 3.47. The van der Waals surface area contributed by atoms with Gasteiger partial charge in [-0.2, -0.15) is 4.98 Å². The molecule has 19 heavy (non-hydrogen) atoms. The molecule has 0 saturated carbocycles. The minimum absolute atomic E-state index is 0.303. The van der Waals surface area contributed by atoms with Crippen LogP contribution >= 0.6 is 22.7 Å². The molecule has 3 aromatic rings. The highest BCUT2D eigenvalue weighted by Gasteiger charge is 2.09. The standard InChI is InChI=1S/C12H13N5S2/c1-6-3-9-10(16-12(13)17-11(9)18-6)15-5-8-4-14-7(2)19-8/h3-4H,5H2,1-2H3,(H3,13,15,16,17). The normalized spacial score (nSPS) is 11.1. The maximum atomic E-state index is 5.74. The van der Waals surface area contributed by atoms with Gasteiger partial charge in [0.1, 0.15) is 10.6 Å². The second-order valence-electron chi connectivity index (χ2n) is 4.21. The number of nitrogens with two attached hydrogens (primary N) is 1. The number of thiophene rings is 1. The van der Waals surface area contributed by atoms with Crippen LogP contribution in [0.3, 0.4) is 0 Å². The van der Waals surface area contributed by atoms with Crippen LogP contribution in [0, 0.1) is 13.8 Å². The van der Waals surface area contributed by atoms with Gasteiger partial charge in [-0.3, -0.25) is 0 Å². The molecule has 0 spiro atoms. The number of aromatic nitrogens is 3. The lowest BCUT2D eigenvalue weighted by molar-refractivity contribution is 1.13. The number of anilines is 2. The second-order valence-corrected chi connectivity index (χ2v) is 6.76. The highest BCUT2D eigenvalue weighted by molar-refractivity contribution is 7.18. The molecule has 3 aromatic heterocycles. The van der Waals surface area contributed by atoms with Gasteiger partial charge in [-0.05, 0) is 19.9 Å². The van der Waals surface area contributed by atoms with E-state index in [1.54, 1.807) is 22.7 Å². The lowest BCUT2D eigenvalue weighted by atomic mass is 10.3. The van der Waals surface area contributed by atoms with Crippen molar-refractivity contribution in [3.05, 3.63) is 27.0 Å². The molecule has 0 aliphatic heterocycles. The summed E-state index contributed by atoms with van der Waals surface area (Å²) in [4.78, 5) is 16.1. The number of nitrogens with zero attached hydrogens (tertiary/aromatic N) is 3. The molecular formula is C12H13N5S2. The number of nitrogens with one attached hydrogen (secondary N) is 1. The van der Waals surface area contributed by atoms with E-state index in [1.807, 2.05) is 13.1 Å². The number of hydrogen-bond acceptors (Lipinski definition) is 7. The molecule has 5 nitrogen and oxygen atoms in total. The van der Waals surface area contributed by atoms with Gasteiger partial charge in [0, 0.05) is 16.0 Å². The number of aryl methyl sites for hydroxylation is 2. The number of hydrogen-bond donors (Lipinski definition) is 2. The van der Waals surface area contributed by atoms with Crippen LogP contribution in [0.2, 0.25) is 0 Å². The van der Waals surface area contributed by atoms with Crippen molar-refractivity contribution < 1.29 is 0 Å². The maximum Gasteiger partial charge on any atom is 0.223 e. The number of nitrogen functional groups attached to an aromatic ring is 1. The van der Waals surface area contributed by atoms with E-state index >= 15 is 0 Å². The van der Waals surface area contributed by atoms with E-state index in [2.05, 4.69) is 33.3 Å². The Hall–Kier alpha value is -1.73. The quantitative estimate of drug-likeness (QED) is 0.776. The summed E-state index contributed by atoms with van der Waals surface area (Å²) in [5.74, 6) is 1.09. The first-order valence-electron chi connectivity index (χ1n) is 5.80. The fraction of sp³-hybridized carbons (Fsp3) is 0.250. The molecule has 3 heterocycles. The van der Waals surface area contributed by atoms with E-state index in [1.165, 1.54) is 9.75 Å². The predicted octanol–water partition coefficient (Wildman–Crippen LogP) is 2.96. The molecule has 3 N–H and O–H groups in total. The van der Waals surface area contributed by atoms with Crippen LogP contribution in [-0.4, -0.2) is 15.0 Å². The minimum Gasteiger partial charge on any atom is -0.368 e. The Bertz CT molecular complexity index is 731. The molecular weight excluding hydrogens is 278 g/mol. The van der Waals surface area contributed by atoms with Crippen LogP contribution in [-0.2, 0) is 6.54 Å². The highest BCUT2D eigenvalue weighted by atomic mass is 32.1. The Labute approximate surface area is 118 Å². The fourth-order valence-electron chi connectivity index (χ4n) is 1.85. The van der Waals surface area contributed by atoms with Crippen molar-refractivity contribution in [2.45, 2.75) is 20.4 Å². The Balaban J connectivity index is 1.91. The van der Waals surface area contributed by atoms with Crippen LogP contribution in [0.5, 0.6) is 0 Å². The molecule has 0 aliphatic carbocycles.